The van der Waals surface area contributed by atoms with Gasteiger partial charge in [0.1, 0.15) is 11.8 Å². The second-order valence-corrected chi connectivity index (χ2v) is 10.3. The van der Waals surface area contributed by atoms with Gasteiger partial charge in [-0.3, -0.25) is 9.59 Å². The molecule has 3 rings (SSSR count). The average molecular weight is 566 g/mol. The summed E-state index contributed by atoms with van der Waals surface area (Å²) < 4.78 is 7.00. The van der Waals surface area contributed by atoms with Crippen LogP contribution in [0.25, 0.3) is 0 Å². The molecule has 2 amide bonds. The summed E-state index contributed by atoms with van der Waals surface area (Å²) in [6, 6.07) is 21.0. The molecule has 6 heteroatoms. The van der Waals surface area contributed by atoms with Crippen LogP contribution < -0.4 is 10.1 Å². The third-order valence-electron chi connectivity index (χ3n) is 6.47. The zero-order chi connectivity index (χ0) is 26.8. The Hall–Kier alpha value is -3.12. The standard InChI is InChI=1S/C31H37BrN2O3/c1-5-6-16-33-31(36)28(19-25-13-8-7-9-14-25)34(20-26-15-11-10-12-22(26)2)29(35)21-37-27-17-23(3)30(32)24(4)18-27/h7-15,17-18,28H,5-6,16,19-21H2,1-4H3,(H,33,36)/t28-/m1/s1. The topological polar surface area (TPSA) is 58.6 Å². The molecule has 0 bridgehead atoms. The molecular formula is C31H37BrN2O3. The number of nitrogens with zero attached hydrogens (tertiary/aromatic N) is 1. The summed E-state index contributed by atoms with van der Waals surface area (Å²) in [5.74, 6) is 0.261. The lowest BCUT2D eigenvalue weighted by Gasteiger charge is -2.32. The van der Waals surface area contributed by atoms with Gasteiger partial charge in [0.15, 0.2) is 6.61 Å². The van der Waals surface area contributed by atoms with Gasteiger partial charge in [-0.05, 0) is 67.1 Å². The van der Waals surface area contributed by atoms with Crippen LogP contribution >= 0.6 is 15.9 Å². The first kappa shape index (κ1) is 28.5. The number of carbonyl (C=O) groups is 2. The molecular weight excluding hydrogens is 528 g/mol. The van der Waals surface area contributed by atoms with Crippen LogP contribution in [0.2, 0.25) is 0 Å². The van der Waals surface area contributed by atoms with Gasteiger partial charge < -0.3 is 15.0 Å². The van der Waals surface area contributed by atoms with Gasteiger partial charge in [-0.2, -0.15) is 0 Å². The summed E-state index contributed by atoms with van der Waals surface area (Å²) in [5, 5.41) is 3.06. The van der Waals surface area contributed by atoms with Crippen LogP contribution in [0, 0.1) is 20.8 Å². The molecule has 0 aliphatic rings. The predicted octanol–water partition coefficient (Wildman–Crippen LogP) is 6.31. The van der Waals surface area contributed by atoms with Crippen LogP contribution in [0.5, 0.6) is 5.75 Å². The van der Waals surface area contributed by atoms with Gasteiger partial charge in [0, 0.05) is 24.0 Å². The van der Waals surface area contributed by atoms with Crippen molar-refractivity contribution in [3.05, 3.63) is 99.0 Å². The van der Waals surface area contributed by atoms with Crippen molar-refractivity contribution >= 4 is 27.7 Å². The van der Waals surface area contributed by atoms with Gasteiger partial charge in [0.25, 0.3) is 5.91 Å². The normalized spacial score (nSPS) is 11.6. The lowest BCUT2D eigenvalue weighted by molar-refractivity contribution is -0.142. The highest BCUT2D eigenvalue weighted by atomic mass is 79.9. The van der Waals surface area contributed by atoms with Crippen molar-refractivity contribution in [3.63, 3.8) is 0 Å². The smallest absolute Gasteiger partial charge is 0.261 e. The Morgan fingerprint density at radius 1 is 0.946 bits per heavy atom. The summed E-state index contributed by atoms with van der Waals surface area (Å²) in [6.45, 7) is 8.85. The molecule has 0 aliphatic heterocycles. The molecule has 0 heterocycles. The van der Waals surface area contributed by atoms with Crippen molar-refractivity contribution in [2.24, 2.45) is 0 Å². The van der Waals surface area contributed by atoms with Crippen LogP contribution in [-0.2, 0) is 22.6 Å². The minimum absolute atomic E-state index is 0.144. The van der Waals surface area contributed by atoms with Crippen molar-refractivity contribution in [1.82, 2.24) is 10.2 Å². The fourth-order valence-electron chi connectivity index (χ4n) is 4.25. The quantitative estimate of drug-likeness (QED) is 0.262. The fourth-order valence-corrected chi connectivity index (χ4v) is 4.48. The molecule has 1 N–H and O–H groups in total. The van der Waals surface area contributed by atoms with E-state index in [-0.39, 0.29) is 18.4 Å². The Kier molecular flexibility index (Phi) is 10.8. The third kappa shape index (κ3) is 8.19. The van der Waals surface area contributed by atoms with Crippen molar-refractivity contribution in [3.8, 4) is 5.75 Å². The molecule has 3 aromatic rings. The Morgan fingerprint density at radius 3 is 2.24 bits per heavy atom. The number of carbonyl (C=O) groups excluding carboxylic acids is 2. The van der Waals surface area contributed by atoms with Gasteiger partial charge in [0.2, 0.25) is 5.91 Å². The second kappa shape index (κ2) is 14.0. The molecule has 0 aromatic heterocycles. The number of unbranched alkanes of at least 4 members (excludes halogenated alkanes) is 1. The van der Waals surface area contributed by atoms with E-state index in [0.29, 0.717) is 25.3 Å². The number of amides is 2. The number of ether oxygens (including phenoxy) is 1. The molecule has 5 nitrogen and oxygen atoms in total. The minimum Gasteiger partial charge on any atom is -0.484 e. The molecule has 0 unspecified atom stereocenters. The van der Waals surface area contributed by atoms with Gasteiger partial charge in [-0.25, -0.2) is 0 Å². The van der Waals surface area contributed by atoms with E-state index in [4.69, 9.17) is 4.74 Å². The molecule has 0 saturated heterocycles. The van der Waals surface area contributed by atoms with Crippen molar-refractivity contribution < 1.29 is 14.3 Å². The van der Waals surface area contributed by atoms with Crippen LogP contribution in [-0.4, -0.2) is 35.9 Å². The maximum atomic E-state index is 13.7. The molecule has 196 valence electrons. The van der Waals surface area contributed by atoms with Crippen molar-refractivity contribution in [1.29, 1.82) is 0 Å². The molecule has 1 atom stereocenters. The summed E-state index contributed by atoms with van der Waals surface area (Å²) in [5.41, 5.74) is 5.16. The molecule has 0 aliphatic carbocycles. The zero-order valence-corrected chi connectivity index (χ0v) is 23.8. The summed E-state index contributed by atoms with van der Waals surface area (Å²) in [6.07, 6.45) is 2.29. The van der Waals surface area contributed by atoms with Gasteiger partial charge in [-0.15, -0.1) is 0 Å². The Labute approximate surface area is 229 Å². The third-order valence-corrected chi connectivity index (χ3v) is 7.73. The first-order chi connectivity index (χ1) is 17.8. The molecule has 3 aromatic carbocycles. The van der Waals surface area contributed by atoms with Gasteiger partial charge >= 0.3 is 0 Å². The van der Waals surface area contributed by atoms with Crippen LogP contribution in [0.3, 0.4) is 0 Å². The lowest BCUT2D eigenvalue weighted by atomic mass is 10.0. The van der Waals surface area contributed by atoms with E-state index in [9.17, 15) is 9.59 Å². The first-order valence-electron chi connectivity index (χ1n) is 12.8. The Balaban J connectivity index is 1.91. The van der Waals surface area contributed by atoms with Gasteiger partial charge in [-0.1, -0.05) is 83.9 Å². The predicted molar refractivity (Wildman–Crippen MR) is 153 cm³/mol. The van der Waals surface area contributed by atoms with Crippen LogP contribution in [0.15, 0.2) is 71.2 Å². The van der Waals surface area contributed by atoms with E-state index in [2.05, 4.69) is 28.2 Å². The maximum Gasteiger partial charge on any atom is 0.261 e. The summed E-state index contributed by atoms with van der Waals surface area (Å²) >= 11 is 3.58. The van der Waals surface area contributed by atoms with E-state index < -0.39 is 6.04 Å². The summed E-state index contributed by atoms with van der Waals surface area (Å²) in [7, 11) is 0. The zero-order valence-electron chi connectivity index (χ0n) is 22.2. The van der Waals surface area contributed by atoms with Crippen molar-refractivity contribution in [2.75, 3.05) is 13.2 Å². The van der Waals surface area contributed by atoms with Crippen LogP contribution in [0.1, 0.15) is 47.6 Å². The van der Waals surface area contributed by atoms with E-state index in [0.717, 1.165) is 45.1 Å². The SMILES string of the molecule is CCCCNC(=O)[C@@H](Cc1ccccc1)N(Cc1ccccc1C)C(=O)COc1cc(C)c(Br)c(C)c1. The molecule has 0 radical (unpaired) electrons. The van der Waals surface area contributed by atoms with E-state index in [1.165, 1.54) is 0 Å². The summed E-state index contributed by atoms with van der Waals surface area (Å²) in [4.78, 5) is 28.9. The van der Waals surface area contributed by atoms with Crippen molar-refractivity contribution in [2.45, 2.75) is 59.5 Å². The fraction of sp³-hybridized carbons (Fsp3) is 0.355. The lowest BCUT2D eigenvalue weighted by Crippen LogP contribution is -2.52. The monoisotopic (exact) mass is 564 g/mol. The first-order valence-corrected chi connectivity index (χ1v) is 13.6. The highest BCUT2D eigenvalue weighted by Gasteiger charge is 2.31. The van der Waals surface area contributed by atoms with Crippen LogP contribution in [0.4, 0.5) is 0 Å². The number of hydrogen-bond donors (Lipinski definition) is 1. The van der Waals surface area contributed by atoms with Gasteiger partial charge in [0.05, 0.1) is 0 Å². The highest BCUT2D eigenvalue weighted by Crippen LogP contribution is 2.26. The molecule has 37 heavy (non-hydrogen) atoms. The Morgan fingerprint density at radius 2 is 1.59 bits per heavy atom. The molecule has 0 spiro atoms. The van der Waals surface area contributed by atoms with E-state index in [1.807, 2.05) is 87.5 Å². The molecule has 0 saturated carbocycles. The second-order valence-electron chi connectivity index (χ2n) is 9.46. The van der Waals surface area contributed by atoms with E-state index in [1.54, 1.807) is 4.90 Å². The number of hydrogen-bond acceptors (Lipinski definition) is 3. The van der Waals surface area contributed by atoms with E-state index >= 15 is 0 Å². The Bertz CT molecular complexity index is 1170. The highest BCUT2D eigenvalue weighted by molar-refractivity contribution is 9.10. The average Bonchev–Trinajstić information content (AvgIpc) is 2.89. The number of benzene rings is 3. The maximum absolute atomic E-state index is 13.7. The largest absolute Gasteiger partial charge is 0.484 e. The molecule has 0 fully saturated rings. The number of aryl methyl sites for hydroxylation is 3. The number of nitrogens with one attached hydrogen (secondary N) is 1. The number of halogens is 1. The number of rotatable bonds is 12. The minimum atomic E-state index is -0.664.